The number of ether oxygens (including phenoxy) is 1. The first kappa shape index (κ1) is 13.9. The van der Waals surface area contributed by atoms with Crippen molar-refractivity contribution >= 4 is 0 Å². The molecule has 1 atom stereocenters. The predicted octanol–water partition coefficient (Wildman–Crippen LogP) is 3.04. The van der Waals surface area contributed by atoms with Crippen LogP contribution in [0.5, 0.6) is 5.75 Å². The highest BCUT2D eigenvalue weighted by molar-refractivity contribution is 5.28. The van der Waals surface area contributed by atoms with Crippen molar-refractivity contribution in [1.29, 1.82) is 5.26 Å². The number of benzene rings is 1. The SMILES string of the molecule is Cc1cccc(OCC(C#N)(NC(C)C)C2CC2)c1. The second-order valence-corrected chi connectivity index (χ2v) is 5.76. The fraction of sp³-hybridized carbons (Fsp3) is 0.562. The van der Waals surface area contributed by atoms with Gasteiger partial charge in [0.05, 0.1) is 6.07 Å². The second-order valence-electron chi connectivity index (χ2n) is 5.76. The van der Waals surface area contributed by atoms with Crippen molar-refractivity contribution in [2.45, 2.75) is 45.2 Å². The highest BCUT2D eigenvalue weighted by atomic mass is 16.5. The Balaban J connectivity index is 2.06. The van der Waals surface area contributed by atoms with Crippen LogP contribution < -0.4 is 10.1 Å². The minimum atomic E-state index is -0.544. The summed E-state index contributed by atoms with van der Waals surface area (Å²) < 4.78 is 5.86. The Morgan fingerprint density at radius 3 is 2.74 bits per heavy atom. The maximum absolute atomic E-state index is 9.58. The standard InChI is InChI=1S/C16H22N2O/c1-12(2)18-16(10-17,14-7-8-14)11-19-15-6-4-5-13(3)9-15/h4-6,9,12,14,18H,7-8,11H2,1-3H3. The summed E-state index contributed by atoms with van der Waals surface area (Å²) >= 11 is 0. The van der Waals surface area contributed by atoms with Crippen LogP contribution in [0.25, 0.3) is 0 Å². The smallest absolute Gasteiger partial charge is 0.144 e. The van der Waals surface area contributed by atoms with E-state index in [0.29, 0.717) is 12.5 Å². The van der Waals surface area contributed by atoms with E-state index in [1.807, 2.05) is 31.2 Å². The lowest BCUT2D eigenvalue weighted by Crippen LogP contribution is -2.53. The van der Waals surface area contributed by atoms with Crippen molar-refractivity contribution < 1.29 is 4.74 Å². The molecule has 0 aromatic heterocycles. The molecule has 2 rings (SSSR count). The van der Waals surface area contributed by atoms with Crippen molar-refractivity contribution in [3.8, 4) is 11.8 Å². The molecule has 1 N–H and O–H groups in total. The van der Waals surface area contributed by atoms with Crippen molar-refractivity contribution in [2.24, 2.45) is 5.92 Å². The topological polar surface area (TPSA) is 45.0 Å². The molecule has 1 aliphatic rings. The first-order valence-corrected chi connectivity index (χ1v) is 6.94. The van der Waals surface area contributed by atoms with Gasteiger partial charge >= 0.3 is 0 Å². The number of hydrogen-bond acceptors (Lipinski definition) is 3. The minimum Gasteiger partial charge on any atom is -0.491 e. The molecule has 19 heavy (non-hydrogen) atoms. The third kappa shape index (κ3) is 3.48. The summed E-state index contributed by atoms with van der Waals surface area (Å²) in [5, 5.41) is 13.0. The Bertz CT molecular complexity index is 474. The van der Waals surface area contributed by atoms with Gasteiger partial charge in [-0.25, -0.2) is 0 Å². The lowest BCUT2D eigenvalue weighted by molar-refractivity contribution is 0.192. The third-order valence-electron chi connectivity index (χ3n) is 3.48. The van der Waals surface area contributed by atoms with Crippen LogP contribution in [0.1, 0.15) is 32.3 Å². The normalized spacial score (nSPS) is 17.8. The average molecular weight is 258 g/mol. The van der Waals surface area contributed by atoms with Gasteiger partial charge in [-0.15, -0.1) is 0 Å². The third-order valence-corrected chi connectivity index (χ3v) is 3.48. The zero-order chi connectivity index (χ0) is 13.9. The largest absolute Gasteiger partial charge is 0.491 e. The molecule has 0 heterocycles. The molecule has 1 saturated carbocycles. The van der Waals surface area contributed by atoms with E-state index in [2.05, 4.69) is 25.2 Å². The van der Waals surface area contributed by atoms with Crippen LogP contribution in [0.2, 0.25) is 0 Å². The van der Waals surface area contributed by atoms with E-state index in [1.165, 1.54) is 5.56 Å². The Kier molecular flexibility index (Phi) is 4.11. The zero-order valence-electron chi connectivity index (χ0n) is 11.9. The molecule has 0 saturated heterocycles. The summed E-state index contributed by atoms with van der Waals surface area (Å²) in [6, 6.07) is 10.7. The molecule has 0 spiro atoms. The highest BCUT2D eigenvalue weighted by Gasteiger charge is 2.46. The minimum absolute atomic E-state index is 0.279. The van der Waals surface area contributed by atoms with Crippen molar-refractivity contribution in [3.05, 3.63) is 29.8 Å². The molecule has 0 amide bonds. The predicted molar refractivity (Wildman–Crippen MR) is 76.0 cm³/mol. The molecule has 1 aromatic carbocycles. The van der Waals surface area contributed by atoms with Crippen molar-refractivity contribution in [2.75, 3.05) is 6.61 Å². The van der Waals surface area contributed by atoms with Gasteiger partial charge in [0.15, 0.2) is 0 Å². The Hall–Kier alpha value is -1.53. The van der Waals surface area contributed by atoms with Crippen LogP contribution in [0.4, 0.5) is 0 Å². The van der Waals surface area contributed by atoms with Crippen LogP contribution in [-0.4, -0.2) is 18.2 Å². The van der Waals surface area contributed by atoms with E-state index in [-0.39, 0.29) is 6.04 Å². The molecule has 0 bridgehead atoms. The Morgan fingerprint density at radius 1 is 1.47 bits per heavy atom. The maximum Gasteiger partial charge on any atom is 0.144 e. The van der Waals surface area contributed by atoms with E-state index >= 15 is 0 Å². The van der Waals surface area contributed by atoms with Gasteiger partial charge in [0.25, 0.3) is 0 Å². The summed E-state index contributed by atoms with van der Waals surface area (Å²) in [6.45, 7) is 6.59. The number of nitrogens with zero attached hydrogens (tertiary/aromatic N) is 1. The van der Waals surface area contributed by atoms with Crippen molar-refractivity contribution in [3.63, 3.8) is 0 Å². The Morgan fingerprint density at radius 2 is 2.21 bits per heavy atom. The zero-order valence-corrected chi connectivity index (χ0v) is 11.9. The lowest BCUT2D eigenvalue weighted by atomic mass is 9.95. The van der Waals surface area contributed by atoms with E-state index in [4.69, 9.17) is 4.74 Å². The van der Waals surface area contributed by atoms with Gasteiger partial charge in [-0.05, 0) is 57.2 Å². The molecule has 0 radical (unpaired) electrons. The van der Waals surface area contributed by atoms with E-state index < -0.39 is 5.54 Å². The van der Waals surface area contributed by atoms with E-state index in [0.717, 1.165) is 18.6 Å². The fourth-order valence-electron chi connectivity index (χ4n) is 2.43. The summed E-state index contributed by atoms with van der Waals surface area (Å²) in [5.74, 6) is 1.26. The molecule has 1 aliphatic carbocycles. The number of rotatable bonds is 6. The van der Waals surface area contributed by atoms with Crippen LogP contribution in [0.3, 0.4) is 0 Å². The second kappa shape index (κ2) is 5.63. The number of nitriles is 1. The first-order valence-electron chi connectivity index (χ1n) is 6.94. The van der Waals surface area contributed by atoms with Crippen LogP contribution in [-0.2, 0) is 0 Å². The fourth-order valence-corrected chi connectivity index (χ4v) is 2.43. The Labute approximate surface area is 115 Å². The van der Waals surface area contributed by atoms with Crippen LogP contribution >= 0.6 is 0 Å². The van der Waals surface area contributed by atoms with E-state index in [9.17, 15) is 5.26 Å². The monoisotopic (exact) mass is 258 g/mol. The number of nitrogens with one attached hydrogen (secondary N) is 1. The molecular formula is C16H22N2O. The van der Waals surface area contributed by atoms with Gasteiger partial charge in [-0.1, -0.05) is 12.1 Å². The lowest BCUT2D eigenvalue weighted by Gasteiger charge is -2.30. The molecule has 1 fully saturated rings. The molecule has 3 nitrogen and oxygen atoms in total. The molecule has 1 aromatic rings. The number of aryl methyl sites for hydroxylation is 1. The van der Waals surface area contributed by atoms with Crippen molar-refractivity contribution in [1.82, 2.24) is 5.32 Å². The summed E-state index contributed by atoms with van der Waals surface area (Å²) in [6.07, 6.45) is 2.23. The summed E-state index contributed by atoms with van der Waals surface area (Å²) in [4.78, 5) is 0. The van der Waals surface area contributed by atoms with Gasteiger partial charge in [0, 0.05) is 6.04 Å². The summed E-state index contributed by atoms with van der Waals surface area (Å²) in [5.41, 5.74) is 0.626. The van der Waals surface area contributed by atoms with Gasteiger partial charge in [0.2, 0.25) is 0 Å². The quantitative estimate of drug-likeness (QED) is 0.853. The first-order chi connectivity index (χ1) is 9.05. The molecule has 3 heteroatoms. The highest BCUT2D eigenvalue weighted by Crippen LogP contribution is 2.40. The average Bonchev–Trinajstić information content (AvgIpc) is 3.19. The summed E-state index contributed by atoms with van der Waals surface area (Å²) in [7, 11) is 0. The molecule has 1 unspecified atom stereocenters. The number of hydrogen-bond donors (Lipinski definition) is 1. The molecular weight excluding hydrogens is 236 g/mol. The van der Waals surface area contributed by atoms with Gasteiger partial charge in [-0.2, -0.15) is 5.26 Å². The molecule has 102 valence electrons. The van der Waals surface area contributed by atoms with Gasteiger partial charge in [0.1, 0.15) is 17.9 Å². The van der Waals surface area contributed by atoms with Crippen LogP contribution in [0, 0.1) is 24.2 Å². The van der Waals surface area contributed by atoms with E-state index in [1.54, 1.807) is 0 Å². The van der Waals surface area contributed by atoms with Crippen LogP contribution in [0.15, 0.2) is 24.3 Å². The molecule has 0 aliphatic heterocycles. The van der Waals surface area contributed by atoms with Gasteiger partial charge < -0.3 is 4.74 Å². The van der Waals surface area contributed by atoms with Gasteiger partial charge in [-0.3, -0.25) is 5.32 Å². The maximum atomic E-state index is 9.58.